The van der Waals surface area contributed by atoms with Crippen molar-refractivity contribution in [2.24, 2.45) is 0 Å². The molecule has 3 rings (SSSR count). The number of nitrogens with zero attached hydrogens (tertiary/aromatic N) is 1. The van der Waals surface area contributed by atoms with Gasteiger partial charge in [0.15, 0.2) is 5.78 Å². The summed E-state index contributed by atoms with van der Waals surface area (Å²) in [5, 5.41) is 3.76. The minimum absolute atomic E-state index is 0.0261. The molecule has 4 heteroatoms. The molecule has 120 valence electrons. The van der Waals surface area contributed by atoms with E-state index in [4.69, 9.17) is 0 Å². The van der Waals surface area contributed by atoms with Gasteiger partial charge in [-0.15, -0.1) is 0 Å². The van der Waals surface area contributed by atoms with Crippen LogP contribution < -0.4 is 5.32 Å². The third kappa shape index (κ3) is 3.84. The van der Waals surface area contributed by atoms with Gasteiger partial charge in [-0.1, -0.05) is 48.0 Å². The molecule has 0 aliphatic heterocycles. The molecular weight excluding hydrogens is 300 g/mol. The number of hydrogen-bond acceptors (Lipinski definition) is 3. The maximum absolute atomic E-state index is 12.1. The molecule has 0 atom stereocenters. The summed E-state index contributed by atoms with van der Waals surface area (Å²) in [6.45, 7) is 1.97. The number of hydrogen-bond donors (Lipinski definition) is 1. The van der Waals surface area contributed by atoms with E-state index in [1.54, 1.807) is 18.3 Å². The summed E-state index contributed by atoms with van der Waals surface area (Å²) >= 11 is 0. The Hall–Kier alpha value is -3.01. The number of aryl methyl sites for hydroxylation is 1. The van der Waals surface area contributed by atoms with Crippen molar-refractivity contribution < 1.29 is 9.59 Å². The number of aromatic nitrogens is 1. The number of ketones is 1. The number of carbonyl (C=O) groups is 2. The van der Waals surface area contributed by atoms with Crippen LogP contribution >= 0.6 is 0 Å². The molecule has 0 unspecified atom stereocenters. The standard InChI is InChI=1S/C20H18N2O2/c1-14-6-8-15(9-7-14)19(23)10-11-20(24)22-17-12-16-4-2-3-5-18(16)21-13-17/h2-9,12-13H,10-11H2,1H3,(H,22,24). The van der Waals surface area contributed by atoms with Gasteiger partial charge in [-0.05, 0) is 19.1 Å². The van der Waals surface area contributed by atoms with E-state index in [-0.39, 0.29) is 24.5 Å². The summed E-state index contributed by atoms with van der Waals surface area (Å²) in [5.74, 6) is -0.214. The first-order valence-electron chi connectivity index (χ1n) is 7.86. The number of para-hydroxylation sites is 1. The van der Waals surface area contributed by atoms with Crippen LogP contribution in [-0.4, -0.2) is 16.7 Å². The number of nitrogens with one attached hydrogen (secondary N) is 1. The highest BCUT2D eigenvalue weighted by Crippen LogP contribution is 2.16. The highest BCUT2D eigenvalue weighted by molar-refractivity contribution is 6.00. The average molecular weight is 318 g/mol. The van der Waals surface area contributed by atoms with Crippen molar-refractivity contribution in [3.8, 4) is 0 Å². The average Bonchev–Trinajstić information content (AvgIpc) is 2.60. The Morgan fingerprint density at radius 1 is 1.00 bits per heavy atom. The number of amides is 1. The molecule has 0 aliphatic carbocycles. The van der Waals surface area contributed by atoms with E-state index in [1.807, 2.05) is 49.4 Å². The van der Waals surface area contributed by atoms with Crippen LogP contribution in [-0.2, 0) is 4.79 Å². The van der Waals surface area contributed by atoms with Crippen molar-refractivity contribution in [1.82, 2.24) is 4.98 Å². The fraction of sp³-hybridized carbons (Fsp3) is 0.150. The second-order valence-electron chi connectivity index (χ2n) is 5.75. The van der Waals surface area contributed by atoms with Crippen LogP contribution in [0.2, 0.25) is 0 Å². The van der Waals surface area contributed by atoms with Gasteiger partial charge in [-0.25, -0.2) is 0 Å². The molecule has 0 radical (unpaired) electrons. The third-order valence-electron chi connectivity index (χ3n) is 3.83. The first kappa shape index (κ1) is 15.9. The largest absolute Gasteiger partial charge is 0.325 e. The number of Topliss-reactive ketones (excluding diaryl/α,β-unsaturated/α-hetero) is 1. The lowest BCUT2D eigenvalue weighted by Crippen LogP contribution is -2.13. The lowest BCUT2D eigenvalue weighted by Gasteiger charge is -2.06. The van der Waals surface area contributed by atoms with Crippen LogP contribution in [0.5, 0.6) is 0 Å². The van der Waals surface area contributed by atoms with E-state index in [9.17, 15) is 9.59 Å². The molecule has 0 aliphatic rings. The van der Waals surface area contributed by atoms with Crippen LogP contribution in [0.15, 0.2) is 60.8 Å². The molecule has 0 saturated carbocycles. The van der Waals surface area contributed by atoms with E-state index in [0.29, 0.717) is 11.3 Å². The first-order valence-corrected chi connectivity index (χ1v) is 7.86. The Kier molecular flexibility index (Phi) is 4.66. The third-order valence-corrected chi connectivity index (χ3v) is 3.83. The van der Waals surface area contributed by atoms with E-state index in [2.05, 4.69) is 10.3 Å². The normalized spacial score (nSPS) is 10.5. The molecule has 1 heterocycles. The number of benzene rings is 2. The monoisotopic (exact) mass is 318 g/mol. The fourth-order valence-corrected chi connectivity index (χ4v) is 2.47. The van der Waals surface area contributed by atoms with Gasteiger partial charge in [0.1, 0.15) is 0 Å². The van der Waals surface area contributed by atoms with Crippen molar-refractivity contribution in [1.29, 1.82) is 0 Å². The second kappa shape index (κ2) is 7.04. The first-order chi connectivity index (χ1) is 11.6. The van der Waals surface area contributed by atoms with Crippen LogP contribution in [0.1, 0.15) is 28.8 Å². The van der Waals surface area contributed by atoms with Gasteiger partial charge in [0.05, 0.1) is 17.4 Å². The molecule has 0 bridgehead atoms. The van der Waals surface area contributed by atoms with Gasteiger partial charge in [0.25, 0.3) is 0 Å². The molecule has 0 spiro atoms. The van der Waals surface area contributed by atoms with Crippen molar-refractivity contribution in [3.63, 3.8) is 0 Å². The summed E-state index contributed by atoms with van der Waals surface area (Å²) in [6.07, 6.45) is 1.97. The minimum atomic E-state index is -0.187. The van der Waals surface area contributed by atoms with Crippen molar-refractivity contribution in [3.05, 3.63) is 71.9 Å². The lowest BCUT2D eigenvalue weighted by atomic mass is 10.0. The van der Waals surface area contributed by atoms with Gasteiger partial charge in [-0.3, -0.25) is 14.6 Å². The number of rotatable bonds is 5. The SMILES string of the molecule is Cc1ccc(C(=O)CCC(=O)Nc2cnc3ccccc3c2)cc1. The Morgan fingerprint density at radius 3 is 2.54 bits per heavy atom. The Labute approximate surface area is 140 Å². The Morgan fingerprint density at radius 2 is 1.75 bits per heavy atom. The smallest absolute Gasteiger partial charge is 0.224 e. The topological polar surface area (TPSA) is 59.1 Å². The molecule has 24 heavy (non-hydrogen) atoms. The summed E-state index contributed by atoms with van der Waals surface area (Å²) < 4.78 is 0. The number of pyridine rings is 1. The quantitative estimate of drug-likeness (QED) is 0.719. The zero-order valence-electron chi connectivity index (χ0n) is 13.5. The predicted octanol–water partition coefficient (Wildman–Crippen LogP) is 4.14. The fourth-order valence-electron chi connectivity index (χ4n) is 2.47. The molecular formula is C20H18N2O2. The Bertz CT molecular complexity index is 886. The molecule has 1 aromatic heterocycles. The van der Waals surface area contributed by atoms with Crippen molar-refractivity contribution in [2.75, 3.05) is 5.32 Å². The zero-order chi connectivity index (χ0) is 16.9. The van der Waals surface area contributed by atoms with Crippen LogP contribution in [0.25, 0.3) is 10.9 Å². The van der Waals surface area contributed by atoms with Gasteiger partial charge in [0.2, 0.25) is 5.91 Å². The maximum Gasteiger partial charge on any atom is 0.224 e. The van der Waals surface area contributed by atoms with Crippen molar-refractivity contribution >= 4 is 28.3 Å². The maximum atomic E-state index is 12.1. The molecule has 1 N–H and O–H groups in total. The zero-order valence-corrected chi connectivity index (χ0v) is 13.5. The predicted molar refractivity (Wildman–Crippen MR) is 95.1 cm³/mol. The second-order valence-corrected chi connectivity index (χ2v) is 5.75. The highest BCUT2D eigenvalue weighted by Gasteiger charge is 2.10. The minimum Gasteiger partial charge on any atom is -0.325 e. The van der Waals surface area contributed by atoms with Gasteiger partial charge in [0, 0.05) is 23.8 Å². The highest BCUT2D eigenvalue weighted by atomic mass is 16.2. The molecule has 4 nitrogen and oxygen atoms in total. The van der Waals surface area contributed by atoms with E-state index in [1.165, 1.54) is 0 Å². The van der Waals surface area contributed by atoms with Gasteiger partial charge in [-0.2, -0.15) is 0 Å². The van der Waals surface area contributed by atoms with Crippen molar-refractivity contribution in [2.45, 2.75) is 19.8 Å². The summed E-state index contributed by atoms with van der Waals surface area (Å²) in [5.41, 5.74) is 3.26. The van der Waals surface area contributed by atoms with Crippen LogP contribution in [0.4, 0.5) is 5.69 Å². The Balaban J connectivity index is 1.58. The van der Waals surface area contributed by atoms with E-state index in [0.717, 1.165) is 16.5 Å². The summed E-state index contributed by atoms with van der Waals surface area (Å²) in [4.78, 5) is 28.4. The molecule has 0 saturated heterocycles. The molecule has 0 fully saturated rings. The van der Waals surface area contributed by atoms with Crippen LogP contribution in [0.3, 0.4) is 0 Å². The molecule has 2 aromatic carbocycles. The molecule has 3 aromatic rings. The number of anilines is 1. The van der Waals surface area contributed by atoms with Crippen LogP contribution in [0, 0.1) is 6.92 Å². The van der Waals surface area contributed by atoms with E-state index < -0.39 is 0 Å². The number of carbonyl (C=O) groups excluding carboxylic acids is 2. The molecule has 1 amide bonds. The summed E-state index contributed by atoms with van der Waals surface area (Å²) in [6, 6.07) is 17.0. The summed E-state index contributed by atoms with van der Waals surface area (Å²) in [7, 11) is 0. The van der Waals surface area contributed by atoms with E-state index >= 15 is 0 Å². The lowest BCUT2D eigenvalue weighted by molar-refractivity contribution is -0.116. The number of fused-ring (bicyclic) bond motifs is 1. The van der Waals surface area contributed by atoms with Gasteiger partial charge < -0.3 is 5.32 Å². The van der Waals surface area contributed by atoms with Gasteiger partial charge >= 0.3 is 0 Å².